The summed E-state index contributed by atoms with van der Waals surface area (Å²) >= 11 is 0. The predicted molar refractivity (Wildman–Crippen MR) is 117 cm³/mol. The summed E-state index contributed by atoms with van der Waals surface area (Å²) in [6, 6.07) is 10.8. The molecule has 32 heavy (non-hydrogen) atoms. The third-order valence-corrected chi connectivity index (χ3v) is 5.60. The maximum atomic E-state index is 14.2. The van der Waals surface area contributed by atoms with E-state index in [4.69, 9.17) is 4.74 Å². The average Bonchev–Trinajstić information content (AvgIpc) is 3.12. The van der Waals surface area contributed by atoms with Gasteiger partial charge in [-0.15, -0.1) is 0 Å². The van der Waals surface area contributed by atoms with E-state index in [0.717, 1.165) is 17.4 Å². The molecule has 1 atom stereocenters. The summed E-state index contributed by atoms with van der Waals surface area (Å²) in [7, 11) is 5.36. The number of amides is 2. The molecule has 172 valence electrons. The molecular weight excluding hydrogens is 416 g/mol. The lowest BCUT2D eigenvalue weighted by atomic mass is 10.1. The van der Waals surface area contributed by atoms with Crippen molar-refractivity contribution < 1.29 is 23.1 Å². The minimum absolute atomic E-state index is 0.0297. The molecule has 0 aliphatic carbocycles. The van der Waals surface area contributed by atoms with Gasteiger partial charge in [0.1, 0.15) is 17.4 Å². The first-order valence-corrected chi connectivity index (χ1v) is 10.5. The zero-order valence-electron chi connectivity index (χ0n) is 18.7. The van der Waals surface area contributed by atoms with E-state index < -0.39 is 17.6 Å². The van der Waals surface area contributed by atoms with E-state index in [1.54, 1.807) is 16.9 Å². The van der Waals surface area contributed by atoms with Gasteiger partial charge in [-0.1, -0.05) is 18.2 Å². The van der Waals surface area contributed by atoms with Gasteiger partial charge in [-0.2, -0.15) is 0 Å². The van der Waals surface area contributed by atoms with Gasteiger partial charge in [0.05, 0.1) is 13.0 Å². The number of methoxy groups -OCH3 is 1. The van der Waals surface area contributed by atoms with Gasteiger partial charge in [-0.05, 0) is 37.9 Å². The Bertz CT molecular complexity index is 950. The largest absolute Gasteiger partial charge is 0.497 e. The maximum Gasteiger partial charge on any atom is 0.228 e. The van der Waals surface area contributed by atoms with Crippen molar-refractivity contribution >= 4 is 11.8 Å². The van der Waals surface area contributed by atoms with Crippen molar-refractivity contribution in [2.45, 2.75) is 19.5 Å². The SMILES string of the molecule is COc1ccc(CN2CC(C(=O)N(CCN(C)C)Cc3ccc(F)cc3F)CC2=O)cc1. The number of likely N-dealkylation sites (tertiary alicyclic amines) is 1. The van der Waals surface area contributed by atoms with Crippen LogP contribution in [0.15, 0.2) is 42.5 Å². The summed E-state index contributed by atoms with van der Waals surface area (Å²) in [5, 5.41) is 0. The summed E-state index contributed by atoms with van der Waals surface area (Å²) in [5.41, 5.74) is 1.20. The number of likely N-dealkylation sites (N-methyl/N-ethyl adjacent to an activating group) is 1. The number of ether oxygens (including phenoxy) is 1. The van der Waals surface area contributed by atoms with Crippen molar-refractivity contribution in [3.05, 3.63) is 65.2 Å². The molecule has 0 radical (unpaired) electrons. The Morgan fingerprint density at radius 3 is 2.47 bits per heavy atom. The maximum absolute atomic E-state index is 14.2. The fourth-order valence-electron chi connectivity index (χ4n) is 3.74. The van der Waals surface area contributed by atoms with Gasteiger partial charge in [0.15, 0.2) is 0 Å². The minimum Gasteiger partial charge on any atom is -0.497 e. The Labute approximate surface area is 187 Å². The van der Waals surface area contributed by atoms with Crippen LogP contribution in [0.3, 0.4) is 0 Å². The van der Waals surface area contributed by atoms with Crippen molar-refractivity contribution in [2.75, 3.05) is 40.8 Å². The number of halogens is 2. The molecule has 3 rings (SSSR count). The molecule has 0 spiro atoms. The predicted octanol–water partition coefficient (Wildman–Crippen LogP) is 2.91. The van der Waals surface area contributed by atoms with E-state index in [-0.39, 0.29) is 30.3 Å². The second-order valence-corrected chi connectivity index (χ2v) is 8.32. The van der Waals surface area contributed by atoms with Crippen LogP contribution in [0.1, 0.15) is 17.5 Å². The highest BCUT2D eigenvalue weighted by atomic mass is 19.1. The van der Waals surface area contributed by atoms with Crippen LogP contribution in [-0.2, 0) is 22.7 Å². The van der Waals surface area contributed by atoms with Crippen molar-refractivity contribution in [1.29, 1.82) is 0 Å². The lowest BCUT2D eigenvalue weighted by Gasteiger charge is -2.27. The zero-order chi connectivity index (χ0) is 23.3. The van der Waals surface area contributed by atoms with Gasteiger partial charge < -0.3 is 19.4 Å². The molecule has 1 saturated heterocycles. The zero-order valence-corrected chi connectivity index (χ0v) is 18.7. The molecule has 1 heterocycles. The van der Waals surface area contributed by atoms with E-state index in [0.29, 0.717) is 26.2 Å². The van der Waals surface area contributed by atoms with Crippen molar-refractivity contribution in [1.82, 2.24) is 14.7 Å². The van der Waals surface area contributed by atoms with Crippen LogP contribution in [0.2, 0.25) is 0 Å². The van der Waals surface area contributed by atoms with Crippen LogP contribution < -0.4 is 4.74 Å². The normalized spacial score (nSPS) is 16.0. The van der Waals surface area contributed by atoms with Gasteiger partial charge in [0.25, 0.3) is 0 Å². The smallest absolute Gasteiger partial charge is 0.228 e. The van der Waals surface area contributed by atoms with Gasteiger partial charge in [0, 0.05) is 50.8 Å². The Morgan fingerprint density at radius 1 is 1.12 bits per heavy atom. The summed E-state index contributed by atoms with van der Waals surface area (Å²) in [6.07, 6.45) is 0.124. The van der Waals surface area contributed by atoms with Gasteiger partial charge in [0.2, 0.25) is 11.8 Å². The van der Waals surface area contributed by atoms with Crippen LogP contribution in [0.5, 0.6) is 5.75 Å². The first kappa shape index (κ1) is 23.7. The van der Waals surface area contributed by atoms with E-state index >= 15 is 0 Å². The highest BCUT2D eigenvalue weighted by Gasteiger charge is 2.36. The fraction of sp³-hybridized carbons (Fsp3) is 0.417. The Balaban J connectivity index is 1.69. The molecule has 0 aromatic heterocycles. The summed E-state index contributed by atoms with van der Waals surface area (Å²) in [5.74, 6) is -1.38. The Morgan fingerprint density at radius 2 is 1.84 bits per heavy atom. The third kappa shape index (κ3) is 6.03. The number of hydrogen-bond donors (Lipinski definition) is 0. The van der Waals surface area contributed by atoms with E-state index in [2.05, 4.69) is 0 Å². The Hall–Kier alpha value is -3.00. The van der Waals surface area contributed by atoms with Gasteiger partial charge in [-0.3, -0.25) is 9.59 Å². The lowest BCUT2D eigenvalue weighted by molar-refractivity contribution is -0.136. The molecule has 2 aromatic carbocycles. The van der Waals surface area contributed by atoms with Crippen LogP contribution in [0.4, 0.5) is 8.78 Å². The first-order chi connectivity index (χ1) is 15.3. The van der Waals surface area contributed by atoms with E-state index in [1.165, 1.54) is 12.1 Å². The number of benzene rings is 2. The number of carbonyl (C=O) groups excluding carboxylic acids is 2. The quantitative estimate of drug-likeness (QED) is 0.596. The monoisotopic (exact) mass is 445 g/mol. The van der Waals surface area contributed by atoms with E-state index in [9.17, 15) is 18.4 Å². The number of rotatable bonds is 9. The number of hydrogen-bond acceptors (Lipinski definition) is 4. The van der Waals surface area contributed by atoms with Gasteiger partial charge in [-0.25, -0.2) is 8.78 Å². The topological polar surface area (TPSA) is 53.1 Å². The highest BCUT2D eigenvalue weighted by molar-refractivity contribution is 5.89. The standard InChI is InChI=1S/C24H29F2N3O3/c1-27(2)10-11-28(15-18-6-7-20(25)13-22(18)26)24(31)19-12-23(30)29(16-19)14-17-4-8-21(32-3)9-5-17/h4-9,13,19H,10-12,14-16H2,1-3H3. The second-order valence-electron chi connectivity index (χ2n) is 8.32. The summed E-state index contributed by atoms with van der Waals surface area (Å²) in [6.45, 7) is 1.73. The second kappa shape index (κ2) is 10.5. The van der Waals surface area contributed by atoms with Crippen molar-refractivity contribution in [3.8, 4) is 5.75 Å². The minimum atomic E-state index is -0.684. The lowest BCUT2D eigenvalue weighted by Crippen LogP contribution is -2.40. The molecule has 0 saturated carbocycles. The van der Waals surface area contributed by atoms with Crippen LogP contribution in [0.25, 0.3) is 0 Å². The van der Waals surface area contributed by atoms with Crippen LogP contribution >= 0.6 is 0 Å². The molecule has 0 bridgehead atoms. The molecule has 1 aliphatic rings. The van der Waals surface area contributed by atoms with Crippen molar-refractivity contribution in [2.24, 2.45) is 5.92 Å². The first-order valence-electron chi connectivity index (χ1n) is 10.5. The van der Waals surface area contributed by atoms with Gasteiger partial charge >= 0.3 is 0 Å². The van der Waals surface area contributed by atoms with E-state index in [1.807, 2.05) is 43.3 Å². The molecule has 1 aliphatic heterocycles. The molecular formula is C24H29F2N3O3. The fourth-order valence-corrected chi connectivity index (χ4v) is 3.74. The Kier molecular flexibility index (Phi) is 7.80. The molecule has 2 amide bonds. The van der Waals surface area contributed by atoms with Crippen LogP contribution in [-0.4, -0.2) is 67.4 Å². The van der Waals surface area contributed by atoms with Crippen molar-refractivity contribution in [3.63, 3.8) is 0 Å². The molecule has 8 heteroatoms. The average molecular weight is 446 g/mol. The summed E-state index contributed by atoms with van der Waals surface area (Å²) < 4.78 is 32.6. The van der Waals surface area contributed by atoms with Crippen LogP contribution in [0, 0.1) is 17.6 Å². The molecule has 0 N–H and O–H groups in total. The third-order valence-electron chi connectivity index (χ3n) is 5.60. The number of carbonyl (C=O) groups is 2. The highest BCUT2D eigenvalue weighted by Crippen LogP contribution is 2.24. The molecule has 1 unspecified atom stereocenters. The number of nitrogens with zero attached hydrogens (tertiary/aromatic N) is 3. The summed E-state index contributed by atoms with van der Waals surface area (Å²) in [4.78, 5) is 31.0. The molecule has 2 aromatic rings. The molecule has 6 nitrogen and oxygen atoms in total. The molecule has 1 fully saturated rings.